The van der Waals surface area contributed by atoms with E-state index in [0.29, 0.717) is 5.57 Å². The zero-order valence-corrected chi connectivity index (χ0v) is 15.4. The van der Waals surface area contributed by atoms with E-state index in [1.165, 1.54) is 12.7 Å². The Balaban J connectivity index is 2.11. The van der Waals surface area contributed by atoms with Crippen molar-refractivity contribution in [2.75, 3.05) is 12.3 Å². The number of benzene rings is 2. The number of esters is 1. The van der Waals surface area contributed by atoms with Crippen LogP contribution in [-0.4, -0.2) is 22.7 Å². The molecule has 0 aliphatic carbocycles. The molecule has 4 nitrogen and oxygen atoms in total. The second-order valence-corrected chi connectivity index (χ2v) is 6.92. The van der Waals surface area contributed by atoms with Crippen molar-refractivity contribution in [1.29, 1.82) is 0 Å². The van der Waals surface area contributed by atoms with Gasteiger partial charge >= 0.3 is 5.97 Å². The largest absolute Gasteiger partial charge is 0.431 e. The Bertz CT molecular complexity index is 769. The maximum atomic E-state index is 12.8. The van der Waals surface area contributed by atoms with Gasteiger partial charge in [0, 0.05) is 12.3 Å². The van der Waals surface area contributed by atoms with Gasteiger partial charge in [-0.25, -0.2) is 4.79 Å². The minimum atomic E-state index is -0.431. The highest BCUT2D eigenvalue weighted by atomic mass is 32.2. The maximum absolute atomic E-state index is 12.8. The highest BCUT2D eigenvalue weighted by molar-refractivity contribution is 7.97. The van der Waals surface area contributed by atoms with Crippen LogP contribution < -0.4 is 5.43 Å². The third-order valence-electron chi connectivity index (χ3n) is 4.01. The van der Waals surface area contributed by atoms with Gasteiger partial charge in [-0.05, 0) is 24.0 Å². The van der Waals surface area contributed by atoms with Gasteiger partial charge in [0.15, 0.2) is 0 Å². The molecule has 1 aliphatic heterocycles. The van der Waals surface area contributed by atoms with Crippen molar-refractivity contribution < 1.29 is 9.53 Å². The van der Waals surface area contributed by atoms with Crippen molar-refractivity contribution >= 4 is 29.2 Å². The van der Waals surface area contributed by atoms with E-state index in [0.717, 1.165) is 35.5 Å². The molecule has 2 aromatic carbocycles. The first-order valence-electron chi connectivity index (χ1n) is 8.63. The van der Waals surface area contributed by atoms with Gasteiger partial charge in [0.25, 0.3) is 0 Å². The average molecular weight is 366 g/mol. The van der Waals surface area contributed by atoms with E-state index in [1.54, 1.807) is 11.9 Å². The lowest BCUT2D eigenvalue weighted by Crippen LogP contribution is -2.35. The summed E-state index contributed by atoms with van der Waals surface area (Å²) in [7, 11) is 0. The summed E-state index contributed by atoms with van der Waals surface area (Å²) in [6.45, 7) is 4.44. The maximum Gasteiger partial charge on any atom is 0.345 e. The van der Waals surface area contributed by atoms with Gasteiger partial charge in [0.05, 0.1) is 17.5 Å². The van der Waals surface area contributed by atoms with E-state index in [1.807, 2.05) is 60.7 Å². The Morgan fingerprint density at radius 1 is 1.04 bits per heavy atom. The Labute approximate surface area is 158 Å². The molecule has 0 saturated carbocycles. The molecule has 2 aromatic rings. The second-order valence-electron chi connectivity index (χ2n) is 5.81. The molecular formula is C21H22N2O2S. The molecule has 0 amide bonds. The third kappa shape index (κ3) is 4.56. The van der Waals surface area contributed by atoms with E-state index in [4.69, 9.17) is 4.74 Å². The Morgan fingerprint density at radius 3 is 2.27 bits per heavy atom. The summed E-state index contributed by atoms with van der Waals surface area (Å²) in [6, 6.07) is 19.4. The number of ether oxygens (including phenoxy) is 1. The molecule has 26 heavy (non-hydrogen) atoms. The number of hydrogen-bond acceptors (Lipinski definition) is 5. The topological polar surface area (TPSA) is 41.6 Å². The first-order chi connectivity index (χ1) is 12.8. The minimum Gasteiger partial charge on any atom is -0.431 e. The molecule has 1 aliphatic rings. The summed E-state index contributed by atoms with van der Waals surface area (Å²) >= 11 is 1.74. The molecule has 0 radical (unpaired) electrons. The smallest absolute Gasteiger partial charge is 0.345 e. The van der Waals surface area contributed by atoms with Gasteiger partial charge in [-0.15, -0.1) is 0 Å². The van der Waals surface area contributed by atoms with Crippen LogP contribution in [0, 0.1) is 0 Å². The average Bonchev–Trinajstić information content (AvgIpc) is 2.70. The van der Waals surface area contributed by atoms with Crippen LogP contribution in [0.5, 0.6) is 0 Å². The van der Waals surface area contributed by atoms with Gasteiger partial charge < -0.3 is 10.2 Å². The molecule has 0 atom stereocenters. The lowest BCUT2D eigenvalue weighted by atomic mass is 9.99. The number of hydrazine groups is 1. The number of nitrogens with one attached hydrogen (secondary N) is 1. The first kappa shape index (κ1) is 18.3. The summed E-state index contributed by atoms with van der Waals surface area (Å²) in [5.41, 5.74) is 6.40. The SMILES string of the molecule is C=COC(=O)C(=C(NN1CCCCS1)c1ccccc1)c1ccccc1. The lowest BCUT2D eigenvalue weighted by Gasteiger charge is -2.29. The van der Waals surface area contributed by atoms with Gasteiger partial charge in [-0.3, -0.25) is 0 Å². The van der Waals surface area contributed by atoms with E-state index >= 15 is 0 Å². The highest BCUT2D eigenvalue weighted by Gasteiger charge is 2.22. The van der Waals surface area contributed by atoms with Crippen molar-refractivity contribution in [1.82, 2.24) is 9.84 Å². The lowest BCUT2D eigenvalue weighted by molar-refractivity contribution is -0.131. The predicted molar refractivity (Wildman–Crippen MR) is 108 cm³/mol. The van der Waals surface area contributed by atoms with Crippen LogP contribution >= 0.6 is 11.9 Å². The Morgan fingerprint density at radius 2 is 1.69 bits per heavy atom. The fourth-order valence-corrected chi connectivity index (χ4v) is 3.75. The van der Waals surface area contributed by atoms with Crippen molar-refractivity contribution in [2.24, 2.45) is 0 Å². The van der Waals surface area contributed by atoms with Crippen LogP contribution in [0.2, 0.25) is 0 Å². The fraction of sp³-hybridized carbons (Fsp3) is 0.190. The molecule has 0 bridgehead atoms. The first-order valence-corrected chi connectivity index (χ1v) is 9.58. The predicted octanol–water partition coefficient (Wildman–Crippen LogP) is 4.49. The molecule has 1 saturated heterocycles. The normalized spacial score (nSPS) is 15.7. The number of rotatable bonds is 6. The molecule has 0 unspecified atom stereocenters. The van der Waals surface area contributed by atoms with Gasteiger partial charge in [0.1, 0.15) is 0 Å². The minimum absolute atomic E-state index is 0.431. The molecule has 5 heteroatoms. The van der Waals surface area contributed by atoms with E-state index < -0.39 is 5.97 Å². The number of hydrogen-bond donors (Lipinski definition) is 1. The quantitative estimate of drug-likeness (QED) is 0.268. The molecule has 134 valence electrons. The zero-order chi connectivity index (χ0) is 18.2. The summed E-state index contributed by atoms with van der Waals surface area (Å²) in [6.07, 6.45) is 3.50. The summed E-state index contributed by atoms with van der Waals surface area (Å²) in [5.74, 6) is 0.631. The molecule has 1 fully saturated rings. The van der Waals surface area contributed by atoms with Crippen molar-refractivity contribution in [3.63, 3.8) is 0 Å². The van der Waals surface area contributed by atoms with Crippen molar-refractivity contribution in [2.45, 2.75) is 12.8 Å². The highest BCUT2D eigenvalue weighted by Crippen LogP contribution is 2.28. The van der Waals surface area contributed by atoms with Crippen LogP contribution in [-0.2, 0) is 9.53 Å². The summed E-state index contributed by atoms with van der Waals surface area (Å²) < 4.78 is 7.25. The second kappa shape index (κ2) is 9.27. The van der Waals surface area contributed by atoms with Crippen molar-refractivity contribution in [3.8, 4) is 0 Å². The summed E-state index contributed by atoms with van der Waals surface area (Å²) in [5, 5.41) is 0. The zero-order valence-electron chi connectivity index (χ0n) is 14.6. The van der Waals surface area contributed by atoms with Crippen LogP contribution in [0.25, 0.3) is 11.3 Å². The Hall–Kier alpha value is -2.50. The number of carbonyl (C=O) groups excluding carboxylic acids is 1. The number of nitrogens with zero attached hydrogens (tertiary/aromatic N) is 1. The molecule has 1 heterocycles. The van der Waals surface area contributed by atoms with Crippen LogP contribution in [0.3, 0.4) is 0 Å². The molecule has 0 spiro atoms. The van der Waals surface area contributed by atoms with Gasteiger partial charge in [0.2, 0.25) is 0 Å². The third-order valence-corrected chi connectivity index (χ3v) is 5.07. The van der Waals surface area contributed by atoms with Gasteiger partial charge in [-0.1, -0.05) is 79.2 Å². The van der Waals surface area contributed by atoms with Gasteiger partial charge in [-0.2, -0.15) is 4.41 Å². The number of carbonyl (C=O) groups is 1. The van der Waals surface area contributed by atoms with E-state index in [2.05, 4.69) is 16.4 Å². The van der Waals surface area contributed by atoms with Crippen molar-refractivity contribution in [3.05, 3.63) is 84.6 Å². The van der Waals surface area contributed by atoms with E-state index in [9.17, 15) is 4.79 Å². The fourth-order valence-electron chi connectivity index (χ4n) is 2.78. The molecule has 0 aromatic heterocycles. The van der Waals surface area contributed by atoms with Crippen LogP contribution in [0.15, 0.2) is 73.5 Å². The van der Waals surface area contributed by atoms with Crippen LogP contribution in [0.4, 0.5) is 0 Å². The molecular weight excluding hydrogens is 344 g/mol. The molecule has 3 rings (SSSR count). The monoisotopic (exact) mass is 366 g/mol. The Kier molecular flexibility index (Phi) is 6.52. The molecule has 1 N–H and O–H groups in total. The summed E-state index contributed by atoms with van der Waals surface area (Å²) in [4.78, 5) is 12.8. The standard InChI is InChI=1S/C21H22N2O2S/c1-2-25-21(24)19(17-11-5-3-6-12-17)20(18-13-7-4-8-14-18)22-23-15-9-10-16-26-23/h2-8,11-14,22H,1,9-10,15-16H2. The van der Waals surface area contributed by atoms with E-state index in [-0.39, 0.29) is 0 Å². The van der Waals surface area contributed by atoms with Crippen LogP contribution in [0.1, 0.15) is 24.0 Å².